The van der Waals surface area contributed by atoms with Crippen LogP contribution in [0.2, 0.25) is 0 Å². The summed E-state index contributed by atoms with van der Waals surface area (Å²) >= 11 is 0. The normalized spacial score (nSPS) is 10.4. The van der Waals surface area contributed by atoms with E-state index < -0.39 is 17.3 Å². The molecule has 0 saturated carbocycles. The summed E-state index contributed by atoms with van der Waals surface area (Å²) in [5.41, 5.74) is 1.36. The van der Waals surface area contributed by atoms with Crippen molar-refractivity contribution in [2.24, 2.45) is 0 Å². The number of rotatable bonds is 4. The number of aryl methyl sites for hydroxylation is 1. The van der Waals surface area contributed by atoms with E-state index in [-0.39, 0.29) is 11.4 Å². The molecule has 1 aromatic heterocycles. The van der Waals surface area contributed by atoms with Crippen LogP contribution in [0.25, 0.3) is 5.69 Å². The lowest BCUT2D eigenvalue weighted by atomic mass is 10.2. The van der Waals surface area contributed by atoms with Crippen LogP contribution in [0.1, 0.15) is 16.1 Å². The van der Waals surface area contributed by atoms with Gasteiger partial charge in [-0.15, -0.1) is 0 Å². The van der Waals surface area contributed by atoms with Gasteiger partial charge in [-0.25, -0.2) is 4.39 Å². The zero-order valence-corrected chi connectivity index (χ0v) is 14.2. The first-order valence-corrected chi connectivity index (χ1v) is 7.80. The number of ether oxygens (including phenoxy) is 1. The molecule has 1 amide bonds. The van der Waals surface area contributed by atoms with Crippen molar-refractivity contribution in [2.75, 3.05) is 12.4 Å². The third-order valence-corrected chi connectivity index (χ3v) is 3.68. The summed E-state index contributed by atoms with van der Waals surface area (Å²) in [7, 11) is 1.35. The first kappa shape index (κ1) is 17.3. The van der Waals surface area contributed by atoms with E-state index in [0.29, 0.717) is 11.4 Å². The fourth-order valence-corrected chi connectivity index (χ4v) is 2.43. The van der Waals surface area contributed by atoms with Crippen LogP contribution in [-0.2, 0) is 0 Å². The maximum atomic E-state index is 13.1. The second kappa shape index (κ2) is 7.18. The molecule has 0 aliphatic heterocycles. The number of amides is 1. The average molecular weight is 353 g/mol. The van der Waals surface area contributed by atoms with E-state index in [1.54, 1.807) is 12.1 Å². The molecular weight excluding hydrogens is 337 g/mol. The van der Waals surface area contributed by atoms with Gasteiger partial charge in [0.2, 0.25) is 0 Å². The van der Waals surface area contributed by atoms with Crippen LogP contribution in [0, 0.1) is 12.7 Å². The number of nitrogens with zero attached hydrogens (tertiary/aromatic N) is 2. The fourth-order valence-electron chi connectivity index (χ4n) is 2.43. The van der Waals surface area contributed by atoms with Crippen molar-refractivity contribution in [3.8, 4) is 11.4 Å². The quantitative estimate of drug-likeness (QED) is 0.783. The molecule has 6 nitrogen and oxygen atoms in total. The zero-order valence-electron chi connectivity index (χ0n) is 14.2. The van der Waals surface area contributed by atoms with Crippen LogP contribution in [0.15, 0.2) is 59.4 Å². The lowest BCUT2D eigenvalue weighted by Crippen LogP contribution is -2.26. The maximum absolute atomic E-state index is 13.1. The molecule has 1 N–H and O–H groups in total. The van der Waals surface area contributed by atoms with Crippen molar-refractivity contribution >= 4 is 11.6 Å². The minimum Gasteiger partial charge on any atom is -0.494 e. The Hall–Kier alpha value is -3.48. The van der Waals surface area contributed by atoms with Crippen molar-refractivity contribution < 1.29 is 13.9 Å². The van der Waals surface area contributed by atoms with Gasteiger partial charge in [-0.05, 0) is 48.9 Å². The fraction of sp³-hybridized carbons (Fsp3) is 0.105. The highest BCUT2D eigenvalue weighted by molar-refractivity contribution is 6.04. The number of carbonyl (C=O) groups is 1. The number of hydrogen-bond acceptors (Lipinski definition) is 4. The molecule has 0 spiro atoms. The SMILES string of the molecule is COc1cc(=O)n(-c2ccc(F)cc2)nc1C(=O)Nc1cccc(C)c1. The van der Waals surface area contributed by atoms with Crippen LogP contribution in [0.5, 0.6) is 5.75 Å². The van der Waals surface area contributed by atoms with E-state index in [0.717, 1.165) is 10.2 Å². The molecule has 0 aliphatic rings. The van der Waals surface area contributed by atoms with Crippen LogP contribution in [-0.4, -0.2) is 22.8 Å². The Morgan fingerprint density at radius 1 is 1.15 bits per heavy atom. The molecule has 3 rings (SSSR count). The van der Waals surface area contributed by atoms with E-state index in [1.807, 2.05) is 19.1 Å². The predicted octanol–water partition coefficient (Wildman–Crippen LogP) is 2.94. The molecule has 0 radical (unpaired) electrons. The third kappa shape index (κ3) is 3.61. The highest BCUT2D eigenvalue weighted by atomic mass is 19.1. The Morgan fingerprint density at radius 3 is 2.54 bits per heavy atom. The molecule has 0 aliphatic carbocycles. The molecule has 0 atom stereocenters. The van der Waals surface area contributed by atoms with Gasteiger partial charge in [0.05, 0.1) is 18.9 Å². The average Bonchev–Trinajstić information content (AvgIpc) is 2.62. The number of anilines is 1. The van der Waals surface area contributed by atoms with Gasteiger partial charge in [0.15, 0.2) is 11.4 Å². The summed E-state index contributed by atoms with van der Waals surface area (Å²) in [6, 6.07) is 13.7. The minimum absolute atomic E-state index is 0.0542. The van der Waals surface area contributed by atoms with E-state index in [4.69, 9.17) is 4.74 Å². The van der Waals surface area contributed by atoms with E-state index in [9.17, 15) is 14.0 Å². The molecule has 26 heavy (non-hydrogen) atoms. The Balaban J connectivity index is 2.02. The number of methoxy groups -OCH3 is 1. The number of nitrogens with one attached hydrogen (secondary N) is 1. The van der Waals surface area contributed by atoms with Gasteiger partial charge in [0.1, 0.15) is 5.82 Å². The van der Waals surface area contributed by atoms with E-state index in [1.165, 1.54) is 37.4 Å². The summed E-state index contributed by atoms with van der Waals surface area (Å²) in [5, 5.41) is 6.83. The lowest BCUT2D eigenvalue weighted by molar-refractivity contribution is 0.101. The first-order valence-electron chi connectivity index (χ1n) is 7.80. The number of halogens is 1. The Kier molecular flexibility index (Phi) is 4.79. The monoisotopic (exact) mass is 353 g/mol. The van der Waals surface area contributed by atoms with Crippen LogP contribution in [0.4, 0.5) is 10.1 Å². The molecule has 0 fully saturated rings. The van der Waals surface area contributed by atoms with Gasteiger partial charge in [0.25, 0.3) is 11.5 Å². The van der Waals surface area contributed by atoms with Gasteiger partial charge >= 0.3 is 0 Å². The molecule has 0 saturated heterocycles. The van der Waals surface area contributed by atoms with Crippen LogP contribution in [0.3, 0.4) is 0 Å². The second-order valence-electron chi connectivity index (χ2n) is 5.61. The summed E-state index contributed by atoms with van der Waals surface area (Å²) in [4.78, 5) is 24.9. The number of carbonyl (C=O) groups excluding carboxylic acids is 1. The number of benzene rings is 2. The van der Waals surface area contributed by atoms with Gasteiger partial charge in [-0.2, -0.15) is 9.78 Å². The molecule has 0 bridgehead atoms. The Bertz CT molecular complexity index is 1010. The molecule has 1 heterocycles. The van der Waals surface area contributed by atoms with Crippen molar-refractivity contribution in [3.63, 3.8) is 0 Å². The predicted molar refractivity (Wildman–Crippen MR) is 95.5 cm³/mol. The summed E-state index contributed by atoms with van der Waals surface area (Å²) in [5.74, 6) is -0.908. The van der Waals surface area contributed by atoms with Gasteiger partial charge < -0.3 is 10.1 Å². The molecular formula is C19H16FN3O3. The summed E-state index contributed by atoms with van der Waals surface area (Å²) in [6.07, 6.45) is 0. The minimum atomic E-state index is -0.525. The molecule has 2 aromatic carbocycles. The Labute approximate surface area is 148 Å². The molecule has 3 aromatic rings. The van der Waals surface area contributed by atoms with Gasteiger partial charge in [-0.3, -0.25) is 9.59 Å². The first-order chi connectivity index (χ1) is 12.5. The van der Waals surface area contributed by atoms with Crippen molar-refractivity contribution in [1.29, 1.82) is 0 Å². The number of aromatic nitrogens is 2. The van der Waals surface area contributed by atoms with Gasteiger partial charge in [0, 0.05) is 5.69 Å². The summed E-state index contributed by atoms with van der Waals surface area (Å²) < 4.78 is 19.3. The smallest absolute Gasteiger partial charge is 0.280 e. The standard InChI is InChI=1S/C19H16FN3O3/c1-12-4-3-5-14(10-12)21-19(25)18-16(26-2)11-17(24)23(22-18)15-8-6-13(20)7-9-15/h3-11H,1-2H3,(H,21,25). The molecule has 0 unspecified atom stereocenters. The van der Waals surface area contributed by atoms with Crippen LogP contribution < -0.4 is 15.6 Å². The lowest BCUT2D eigenvalue weighted by Gasteiger charge is -2.11. The van der Waals surface area contributed by atoms with E-state index >= 15 is 0 Å². The number of hydrogen-bond donors (Lipinski definition) is 1. The molecule has 132 valence electrons. The van der Waals surface area contributed by atoms with Crippen molar-refractivity contribution in [1.82, 2.24) is 9.78 Å². The van der Waals surface area contributed by atoms with Gasteiger partial charge in [-0.1, -0.05) is 12.1 Å². The second-order valence-corrected chi connectivity index (χ2v) is 5.61. The van der Waals surface area contributed by atoms with Crippen molar-refractivity contribution in [3.05, 3.63) is 82.0 Å². The largest absolute Gasteiger partial charge is 0.494 e. The third-order valence-electron chi connectivity index (χ3n) is 3.68. The summed E-state index contributed by atoms with van der Waals surface area (Å²) in [6.45, 7) is 1.91. The van der Waals surface area contributed by atoms with Crippen LogP contribution >= 0.6 is 0 Å². The van der Waals surface area contributed by atoms with E-state index in [2.05, 4.69) is 10.4 Å². The highest BCUT2D eigenvalue weighted by Crippen LogP contribution is 2.17. The topological polar surface area (TPSA) is 73.2 Å². The highest BCUT2D eigenvalue weighted by Gasteiger charge is 2.18. The Morgan fingerprint density at radius 2 is 1.88 bits per heavy atom. The zero-order chi connectivity index (χ0) is 18.7. The van der Waals surface area contributed by atoms with Crippen molar-refractivity contribution in [2.45, 2.75) is 6.92 Å². The maximum Gasteiger partial charge on any atom is 0.280 e. The molecule has 7 heteroatoms.